The zero-order valence-electron chi connectivity index (χ0n) is 40.0. The summed E-state index contributed by atoms with van der Waals surface area (Å²) in [4.78, 5) is 27.3. The van der Waals surface area contributed by atoms with Gasteiger partial charge in [-0.3, -0.25) is 9.13 Å². The van der Waals surface area contributed by atoms with Crippen molar-refractivity contribution in [1.29, 1.82) is 0 Å². The van der Waals surface area contributed by atoms with Gasteiger partial charge in [0.2, 0.25) is 11.9 Å². The Bertz CT molecular complexity index is 5060. The van der Waals surface area contributed by atoms with Crippen LogP contribution in [0.5, 0.6) is 0 Å². The van der Waals surface area contributed by atoms with Crippen molar-refractivity contribution in [3.8, 4) is 57.2 Å². The van der Waals surface area contributed by atoms with Crippen LogP contribution in [0, 0.1) is 0 Å². The predicted molar refractivity (Wildman–Crippen MR) is 311 cm³/mol. The van der Waals surface area contributed by atoms with E-state index in [1.54, 1.807) is 35.2 Å². The minimum atomic E-state index is 0.519. The number of nitrogens with zero attached hydrogens (tertiary/aromatic N) is 7. The van der Waals surface area contributed by atoms with E-state index in [0.717, 1.165) is 99.2 Å². The molecule has 0 atom stereocenters. The lowest BCUT2D eigenvalue weighted by molar-refractivity contribution is 0.615. The molecule has 17 rings (SSSR count). The van der Waals surface area contributed by atoms with Crippen LogP contribution in [0.4, 0.5) is 0 Å². The fourth-order valence-electron chi connectivity index (χ4n) is 11.5. The first-order chi connectivity index (χ1) is 37.6. The minimum Gasteiger partial charge on any atom is -0.464 e. The zero-order chi connectivity index (χ0) is 49.6. The van der Waals surface area contributed by atoms with Crippen molar-refractivity contribution in [2.45, 2.75) is 0 Å². The molecule has 8 aromatic heterocycles. The molecular formula is C65H35N7O2S2. The number of para-hydroxylation sites is 2. The van der Waals surface area contributed by atoms with Gasteiger partial charge in [-0.2, -0.15) is 9.97 Å². The molecule has 354 valence electrons. The van der Waals surface area contributed by atoms with Gasteiger partial charge in [0.1, 0.15) is 11.2 Å². The van der Waals surface area contributed by atoms with Gasteiger partial charge in [0.15, 0.2) is 11.6 Å². The highest BCUT2D eigenvalue weighted by atomic mass is 32.1. The van der Waals surface area contributed by atoms with Gasteiger partial charge in [0.05, 0.1) is 46.0 Å². The van der Waals surface area contributed by atoms with E-state index in [9.17, 15) is 0 Å². The number of rotatable bonds is 6. The van der Waals surface area contributed by atoms with Gasteiger partial charge in [0, 0.05) is 94.9 Å². The monoisotopic (exact) mass is 1010 g/mol. The van der Waals surface area contributed by atoms with Crippen molar-refractivity contribution in [3.63, 3.8) is 0 Å². The Labute approximate surface area is 438 Å². The Kier molecular flexibility index (Phi) is 8.68. The predicted octanol–water partition coefficient (Wildman–Crippen LogP) is 17.8. The van der Waals surface area contributed by atoms with Crippen molar-refractivity contribution in [1.82, 2.24) is 34.1 Å². The van der Waals surface area contributed by atoms with Gasteiger partial charge in [-0.05, 0) is 121 Å². The summed E-state index contributed by atoms with van der Waals surface area (Å²) in [5.41, 5.74) is 10.8. The molecule has 0 radical (unpaired) electrons. The van der Waals surface area contributed by atoms with Crippen molar-refractivity contribution in [2.75, 3.05) is 0 Å². The molecule has 0 fully saturated rings. The van der Waals surface area contributed by atoms with E-state index in [-0.39, 0.29) is 0 Å². The van der Waals surface area contributed by atoms with Crippen LogP contribution in [0.15, 0.2) is 222 Å². The summed E-state index contributed by atoms with van der Waals surface area (Å²) in [5, 5.41) is 11.0. The molecule has 0 amide bonds. The van der Waals surface area contributed by atoms with Crippen LogP contribution in [0.25, 0.3) is 163 Å². The average molecular weight is 1010 g/mol. The molecule has 76 heavy (non-hydrogen) atoms. The largest absolute Gasteiger partial charge is 0.464 e. The molecule has 0 bridgehead atoms. The van der Waals surface area contributed by atoms with Crippen LogP contribution >= 0.6 is 22.7 Å². The molecule has 9 aromatic carbocycles. The first-order valence-corrected chi connectivity index (χ1v) is 26.7. The molecule has 0 aliphatic rings. The van der Waals surface area contributed by atoms with Gasteiger partial charge in [-0.15, -0.1) is 22.7 Å². The maximum absolute atomic E-state index is 5.76. The smallest absolute Gasteiger partial charge is 0.238 e. The molecular weight excluding hydrogens is 975 g/mol. The Morgan fingerprint density at radius 3 is 1.43 bits per heavy atom. The summed E-state index contributed by atoms with van der Waals surface area (Å²) in [6.45, 7) is 0. The van der Waals surface area contributed by atoms with Gasteiger partial charge in [-0.25, -0.2) is 15.0 Å². The molecule has 0 aliphatic heterocycles. The first kappa shape index (κ1) is 41.6. The average Bonchev–Trinajstić information content (AvgIpc) is 4.47. The Balaban J connectivity index is 0.946. The van der Waals surface area contributed by atoms with E-state index >= 15 is 0 Å². The summed E-state index contributed by atoms with van der Waals surface area (Å²) in [7, 11) is 0. The second kappa shape index (κ2) is 15.8. The van der Waals surface area contributed by atoms with Crippen LogP contribution in [0.2, 0.25) is 0 Å². The molecule has 0 N–H and O–H groups in total. The van der Waals surface area contributed by atoms with Crippen molar-refractivity contribution in [3.05, 3.63) is 213 Å². The number of furan rings is 2. The summed E-state index contributed by atoms with van der Waals surface area (Å²) in [5.74, 6) is 2.24. The molecule has 0 unspecified atom stereocenters. The SMILES string of the molecule is c1ccc2c(c1)sc1ccc(-c3nc(-c4ccc5sc6ccccc6c5c4)nc(-n4c5ccccc5c5ccc6c(c7ccccc7n6-c6nc(-c7ccc8occc8c7)cc(-c7ccc8occc8c7)n6)c54)n3)cc12. The Morgan fingerprint density at radius 2 is 0.829 bits per heavy atom. The third-order valence-electron chi connectivity index (χ3n) is 15.0. The van der Waals surface area contributed by atoms with E-state index in [2.05, 4.69) is 185 Å². The van der Waals surface area contributed by atoms with E-state index in [1.165, 1.54) is 40.3 Å². The van der Waals surface area contributed by atoms with Gasteiger partial charge in [-0.1, -0.05) is 78.9 Å². The molecule has 9 nitrogen and oxygen atoms in total. The lowest BCUT2D eigenvalue weighted by atomic mass is 10.1. The number of fused-ring (bicyclic) bond motifs is 15. The molecule has 11 heteroatoms. The maximum Gasteiger partial charge on any atom is 0.238 e. The van der Waals surface area contributed by atoms with Crippen LogP contribution in [0.3, 0.4) is 0 Å². The fourth-order valence-corrected chi connectivity index (χ4v) is 13.6. The van der Waals surface area contributed by atoms with E-state index < -0.39 is 0 Å². The van der Waals surface area contributed by atoms with Crippen LogP contribution in [0.1, 0.15) is 0 Å². The maximum atomic E-state index is 5.76. The standard InChI is InChI=1S/C65H35N7O2S2/c1-5-13-51-42(9-1)45-21-22-53-60(46-12-2-6-14-52(46)71(53)64-66-49(36-17-23-54-38(31-36)27-29-73-54)35-50(67-64)37-18-24-55-39(32-37)28-30-74-55)61(45)72(51)65-69-62(40-19-25-58-47(33-40)43-10-3-7-15-56(43)75-58)68-63(70-65)41-20-26-59-48(34-41)44-11-4-8-16-57(44)76-59/h1-35H. The Morgan fingerprint density at radius 1 is 0.329 bits per heavy atom. The van der Waals surface area contributed by atoms with Gasteiger partial charge >= 0.3 is 0 Å². The highest BCUT2D eigenvalue weighted by Gasteiger charge is 2.25. The quantitative estimate of drug-likeness (QED) is 0.164. The summed E-state index contributed by atoms with van der Waals surface area (Å²) >= 11 is 3.60. The van der Waals surface area contributed by atoms with Gasteiger partial charge < -0.3 is 8.83 Å². The van der Waals surface area contributed by atoms with E-state index in [0.29, 0.717) is 23.5 Å². The van der Waals surface area contributed by atoms with Gasteiger partial charge in [0.25, 0.3) is 0 Å². The van der Waals surface area contributed by atoms with E-state index in [4.69, 9.17) is 33.8 Å². The van der Waals surface area contributed by atoms with E-state index in [1.807, 2.05) is 24.3 Å². The topological polar surface area (TPSA) is 101 Å². The number of benzene rings is 9. The molecule has 0 spiro atoms. The van der Waals surface area contributed by atoms with Crippen molar-refractivity contribution < 1.29 is 8.83 Å². The number of hydrogen-bond donors (Lipinski definition) is 0. The lowest BCUT2D eigenvalue weighted by Gasteiger charge is -2.13. The lowest BCUT2D eigenvalue weighted by Crippen LogP contribution is -2.06. The minimum absolute atomic E-state index is 0.519. The zero-order valence-corrected chi connectivity index (χ0v) is 41.6. The van der Waals surface area contributed by atoms with Crippen LogP contribution in [-0.2, 0) is 0 Å². The van der Waals surface area contributed by atoms with Crippen molar-refractivity contribution in [2.24, 2.45) is 0 Å². The second-order valence-electron chi connectivity index (χ2n) is 19.2. The van der Waals surface area contributed by atoms with Crippen molar-refractivity contribution >= 4 is 129 Å². The third-order valence-corrected chi connectivity index (χ3v) is 17.3. The molecule has 8 heterocycles. The highest BCUT2D eigenvalue weighted by molar-refractivity contribution is 7.26. The van der Waals surface area contributed by atoms with Crippen LogP contribution in [-0.4, -0.2) is 34.1 Å². The summed E-state index contributed by atoms with van der Waals surface area (Å²) in [6, 6.07) is 70.4. The number of thiophene rings is 2. The Hall–Kier alpha value is -9.81. The normalized spacial score (nSPS) is 12.2. The third kappa shape index (κ3) is 6.21. The first-order valence-electron chi connectivity index (χ1n) is 25.0. The number of hydrogen-bond acceptors (Lipinski definition) is 9. The summed E-state index contributed by atoms with van der Waals surface area (Å²) in [6.07, 6.45) is 3.44. The molecule has 0 aliphatic carbocycles. The second-order valence-corrected chi connectivity index (χ2v) is 21.4. The fraction of sp³-hybridized carbons (Fsp3) is 0. The highest BCUT2D eigenvalue weighted by Crippen LogP contribution is 2.44. The van der Waals surface area contributed by atoms with Crippen LogP contribution < -0.4 is 0 Å². The molecule has 0 saturated heterocycles. The summed E-state index contributed by atoms with van der Waals surface area (Å²) < 4.78 is 20.9. The molecule has 17 aromatic rings. The molecule has 0 saturated carbocycles. The number of aromatic nitrogens is 7.